The van der Waals surface area contributed by atoms with E-state index < -0.39 is 5.91 Å². The van der Waals surface area contributed by atoms with Crippen LogP contribution >= 0.6 is 11.8 Å². The van der Waals surface area contributed by atoms with E-state index in [-0.39, 0.29) is 17.2 Å². The van der Waals surface area contributed by atoms with Crippen LogP contribution in [0.2, 0.25) is 0 Å². The molecule has 8 heteroatoms. The van der Waals surface area contributed by atoms with Crippen LogP contribution in [-0.2, 0) is 11.3 Å². The molecule has 3 aromatic carbocycles. The van der Waals surface area contributed by atoms with E-state index >= 15 is 0 Å². The van der Waals surface area contributed by atoms with Gasteiger partial charge in [0.15, 0.2) is 5.84 Å². The Labute approximate surface area is 211 Å². The Morgan fingerprint density at radius 2 is 1.72 bits per heavy atom. The van der Waals surface area contributed by atoms with Crippen molar-refractivity contribution in [2.45, 2.75) is 13.5 Å². The van der Waals surface area contributed by atoms with Gasteiger partial charge in [0.25, 0.3) is 5.91 Å². The van der Waals surface area contributed by atoms with E-state index in [0.717, 1.165) is 27.7 Å². The molecule has 1 aromatic heterocycles. The maximum atomic E-state index is 14.4. The molecule has 36 heavy (non-hydrogen) atoms. The molecule has 1 N–H and O–H groups in total. The number of rotatable bonds is 4. The van der Waals surface area contributed by atoms with Crippen LogP contribution in [0.5, 0.6) is 0 Å². The number of amidine groups is 2. The summed E-state index contributed by atoms with van der Waals surface area (Å²) < 4.78 is 16.5. The molecule has 0 radical (unpaired) electrons. The third-order valence-corrected chi connectivity index (χ3v) is 7.29. The second-order valence-corrected chi connectivity index (χ2v) is 9.44. The fourth-order valence-electron chi connectivity index (χ4n) is 4.47. The first kappa shape index (κ1) is 22.2. The summed E-state index contributed by atoms with van der Waals surface area (Å²) in [4.78, 5) is 17.3. The first-order valence-electron chi connectivity index (χ1n) is 11.4. The number of thioether (sulfide) groups is 1. The zero-order valence-corrected chi connectivity index (χ0v) is 20.1. The van der Waals surface area contributed by atoms with Crippen molar-refractivity contribution in [2.24, 2.45) is 10.1 Å². The largest absolute Gasteiger partial charge is 0.340 e. The first-order chi connectivity index (χ1) is 17.5. The smallest absolute Gasteiger partial charge is 0.283 e. The van der Waals surface area contributed by atoms with Crippen LogP contribution in [0.1, 0.15) is 22.4 Å². The number of aliphatic imine (C=N–C) groups is 1. The summed E-state index contributed by atoms with van der Waals surface area (Å²) in [7, 11) is 0. The minimum Gasteiger partial charge on any atom is -0.340 e. The number of nitrogens with one attached hydrogen (secondary N) is 1. The molecule has 0 fully saturated rings. The normalized spacial score (nSPS) is 16.5. The van der Waals surface area contributed by atoms with Crippen LogP contribution in [0.3, 0.4) is 0 Å². The van der Waals surface area contributed by atoms with Crippen molar-refractivity contribution >= 4 is 50.7 Å². The summed E-state index contributed by atoms with van der Waals surface area (Å²) in [5.74, 6) is -0.762. The van der Waals surface area contributed by atoms with Crippen molar-refractivity contribution in [1.82, 2.24) is 9.58 Å². The number of fused-ring (bicyclic) bond motifs is 2. The SMILES string of the molecule is Cc1c(/C=C2/C(=N)N3N=C(c4ccccc4)SC3=NC2=O)c2ccccc2n1Cc1ccccc1F. The van der Waals surface area contributed by atoms with Crippen molar-refractivity contribution < 1.29 is 9.18 Å². The van der Waals surface area contributed by atoms with E-state index in [0.29, 0.717) is 22.3 Å². The average molecular weight is 494 g/mol. The molecule has 1 amide bonds. The standard InChI is InChI=1S/C28H20FN5OS/c1-17-21(20-12-6-8-14-24(20)33(17)16-19-11-5-7-13-23(19)29)15-22-25(30)34-28(31-26(22)35)36-27(32-34)18-9-3-2-4-10-18/h2-15,30H,16H2,1H3/b22-15-,30-25?. The summed E-state index contributed by atoms with van der Waals surface area (Å²) in [5, 5.41) is 16.7. The van der Waals surface area contributed by atoms with Crippen LogP contribution < -0.4 is 0 Å². The number of hydrogen-bond acceptors (Lipinski definition) is 4. The number of hydrogen-bond donors (Lipinski definition) is 1. The predicted octanol–water partition coefficient (Wildman–Crippen LogP) is 5.80. The Balaban J connectivity index is 1.43. The summed E-state index contributed by atoms with van der Waals surface area (Å²) in [5.41, 5.74) is 4.23. The number of nitrogens with zero attached hydrogens (tertiary/aromatic N) is 4. The van der Waals surface area contributed by atoms with Gasteiger partial charge in [-0.25, -0.2) is 4.39 Å². The van der Waals surface area contributed by atoms with Gasteiger partial charge in [-0.1, -0.05) is 66.7 Å². The zero-order valence-electron chi connectivity index (χ0n) is 19.3. The van der Waals surface area contributed by atoms with Gasteiger partial charge in [-0.3, -0.25) is 10.2 Å². The molecule has 0 bridgehead atoms. The van der Waals surface area contributed by atoms with Crippen molar-refractivity contribution in [3.63, 3.8) is 0 Å². The van der Waals surface area contributed by atoms with Crippen molar-refractivity contribution in [2.75, 3.05) is 0 Å². The predicted molar refractivity (Wildman–Crippen MR) is 143 cm³/mol. The molecule has 0 atom stereocenters. The molecule has 0 unspecified atom stereocenters. The van der Waals surface area contributed by atoms with Gasteiger partial charge < -0.3 is 4.57 Å². The number of aromatic nitrogens is 1. The van der Waals surface area contributed by atoms with Crippen molar-refractivity contribution in [1.29, 1.82) is 5.41 Å². The number of para-hydroxylation sites is 1. The molecular formula is C28H20FN5OS. The molecule has 176 valence electrons. The van der Waals surface area contributed by atoms with Crippen LogP contribution in [0, 0.1) is 18.2 Å². The number of carbonyl (C=O) groups is 1. The third kappa shape index (κ3) is 3.67. The van der Waals surface area contributed by atoms with Gasteiger partial charge in [0, 0.05) is 33.3 Å². The molecule has 6 rings (SSSR count). The highest BCUT2D eigenvalue weighted by Gasteiger charge is 2.36. The Morgan fingerprint density at radius 3 is 2.53 bits per heavy atom. The van der Waals surface area contributed by atoms with Gasteiger partial charge in [-0.15, -0.1) is 0 Å². The lowest BCUT2D eigenvalue weighted by atomic mass is 10.1. The van der Waals surface area contributed by atoms with Gasteiger partial charge in [-0.2, -0.15) is 15.1 Å². The lowest BCUT2D eigenvalue weighted by molar-refractivity contribution is -0.114. The lowest BCUT2D eigenvalue weighted by Crippen LogP contribution is -2.35. The number of amides is 1. The maximum Gasteiger partial charge on any atom is 0.283 e. The number of carbonyl (C=O) groups excluding carboxylic acids is 1. The van der Waals surface area contributed by atoms with Gasteiger partial charge in [0.1, 0.15) is 10.9 Å². The Morgan fingerprint density at radius 1 is 1.00 bits per heavy atom. The molecular weight excluding hydrogens is 473 g/mol. The van der Waals surface area contributed by atoms with E-state index in [9.17, 15) is 9.18 Å². The van der Waals surface area contributed by atoms with Crippen LogP contribution in [0.15, 0.2) is 94.5 Å². The number of benzene rings is 3. The van der Waals surface area contributed by atoms with E-state index in [1.807, 2.05) is 72.2 Å². The Hall–Kier alpha value is -4.30. The van der Waals surface area contributed by atoms with Gasteiger partial charge >= 0.3 is 0 Å². The van der Waals surface area contributed by atoms with E-state index in [1.54, 1.807) is 18.2 Å². The molecule has 3 heterocycles. The highest BCUT2D eigenvalue weighted by atomic mass is 32.2. The molecule has 2 aliphatic heterocycles. The number of halogens is 1. The molecule has 6 nitrogen and oxygen atoms in total. The fraction of sp³-hybridized carbons (Fsp3) is 0.0714. The van der Waals surface area contributed by atoms with Crippen molar-refractivity contribution in [3.05, 3.63) is 113 Å². The summed E-state index contributed by atoms with van der Waals surface area (Å²) in [6.45, 7) is 2.29. The molecule has 2 aliphatic rings. The average Bonchev–Trinajstić information content (AvgIpc) is 3.43. The fourth-order valence-corrected chi connectivity index (χ4v) is 5.37. The Kier molecular flexibility index (Phi) is 5.38. The summed E-state index contributed by atoms with van der Waals surface area (Å²) >= 11 is 1.27. The molecule has 0 aliphatic carbocycles. The third-order valence-electron chi connectivity index (χ3n) is 6.33. The van der Waals surface area contributed by atoms with E-state index in [1.165, 1.54) is 22.8 Å². The van der Waals surface area contributed by atoms with E-state index in [4.69, 9.17) is 5.41 Å². The van der Waals surface area contributed by atoms with Gasteiger partial charge in [0.2, 0.25) is 5.17 Å². The first-order valence-corrected chi connectivity index (χ1v) is 12.2. The minimum absolute atomic E-state index is 0.0197. The van der Waals surface area contributed by atoms with Gasteiger partial charge in [0.05, 0.1) is 12.1 Å². The number of hydrazone groups is 1. The molecule has 0 saturated heterocycles. The van der Waals surface area contributed by atoms with Crippen LogP contribution in [0.4, 0.5) is 4.39 Å². The van der Waals surface area contributed by atoms with Crippen molar-refractivity contribution in [3.8, 4) is 0 Å². The topological polar surface area (TPSA) is 73.8 Å². The second kappa shape index (κ2) is 8.73. The van der Waals surface area contributed by atoms with Crippen LogP contribution in [-0.4, -0.2) is 31.5 Å². The highest BCUT2D eigenvalue weighted by molar-refractivity contribution is 8.27. The molecule has 0 spiro atoms. The van der Waals surface area contributed by atoms with Gasteiger partial charge in [-0.05, 0) is 36.9 Å². The molecule has 4 aromatic rings. The van der Waals surface area contributed by atoms with E-state index in [2.05, 4.69) is 10.1 Å². The highest BCUT2D eigenvalue weighted by Crippen LogP contribution is 2.33. The van der Waals surface area contributed by atoms with Crippen LogP contribution in [0.25, 0.3) is 17.0 Å². The quantitative estimate of drug-likeness (QED) is 0.365. The maximum absolute atomic E-state index is 14.4. The lowest BCUT2D eigenvalue weighted by Gasteiger charge is -2.20. The zero-order chi connectivity index (χ0) is 24.8. The summed E-state index contributed by atoms with van der Waals surface area (Å²) in [6, 6.07) is 24.1. The summed E-state index contributed by atoms with van der Waals surface area (Å²) in [6.07, 6.45) is 1.71. The second-order valence-electron chi connectivity index (χ2n) is 8.48. The monoisotopic (exact) mass is 493 g/mol. The molecule has 0 saturated carbocycles. The Bertz CT molecular complexity index is 1650. The minimum atomic E-state index is -0.478.